The van der Waals surface area contributed by atoms with Gasteiger partial charge >= 0.3 is 0 Å². The number of carbonyl (C=O) groups excluding carboxylic acids is 1. The molecule has 0 fully saturated rings. The Hall–Kier alpha value is -3.93. The van der Waals surface area contributed by atoms with Crippen LogP contribution < -0.4 is 10.1 Å². The largest absolute Gasteiger partial charge is 0.487 e. The third-order valence-corrected chi connectivity index (χ3v) is 5.21. The van der Waals surface area contributed by atoms with Gasteiger partial charge in [0.1, 0.15) is 11.9 Å². The Bertz CT molecular complexity index is 1160. The second kappa shape index (κ2) is 7.83. The van der Waals surface area contributed by atoms with E-state index in [0.717, 1.165) is 34.5 Å². The first-order chi connectivity index (χ1) is 14.8. The predicted molar refractivity (Wildman–Crippen MR) is 114 cm³/mol. The van der Waals surface area contributed by atoms with Gasteiger partial charge in [-0.1, -0.05) is 18.2 Å². The summed E-state index contributed by atoms with van der Waals surface area (Å²) < 4.78 is 7.96. The first-order valence-electron chi connectivity index (χ1n) is 9.85. The monoisotopic (exact) mass is 396 g/mol. The topological polar surface area (TPSA) is 69.0 Å². The SMILES string of the molecule is O=C(NCC1Cc2cccc(-c3ccncc3)c2O1)c1ccc(-n2cccn2)cc1. The van der Waals surface area contributed by atoms with E-state index < -0.39 is 0 Å². The van der Waals surface area contributed by atoms with E-state index in [9.17, 15) is 4.79 Å². The zero-order chi connectivity index (χ0) is 20.3. The maximum Gasteiger partial charge on any atom is 0.251 e. The van der Waals surface area contributed by atoms with Crippen LogP contribution in [0.4, 0.5) is 0 Å². The Morgan fingerprint density at radius 2 is 1.87 bits per heavy atom. The van der Waals surface area contributed by atoms with Gasteiger partial charge in [-0.3, -0.25) is 9.78 Å². The number of para-hydroxylation sites is 1. The van der Waals surface area contributed by atoms with Crippen molar-refractivity contribution in [3.8, 4) is 22.6 Å². The highest BCUT2D eigenvalue weighted by Crippen LogP contribution is 2.38. The van der Waals surface area contributed by atoms with Crippen molar-refractivity contribution in [3.05, 3.63) is 96.6 Å². The summed E-state index contributed by atoms with van der Waals surface area (Å²) in [7, 11) is 0. The molecule has 2 aromatic carbocycles. The van der Waals surface area contributed by atoms with Gasteiger partial charge < -0.3 is 10.1 Å². The Morgan fingerprint density at radius 3 is 2.63 bits per heavy atom. The normalized spacial score (nSPS) is 14.7. The highest BCUT2D eigenvalue weighted by atomic mass is 16.5. The molecule has 6 heteroatoms. The molecule has 0 spiro atoms. The molecule has 1 N–H and O–H groups in total. The Morgan fingerprint density at radius 1 is 1.03 bits per heavy atom. The summed E-state index contributed by atoms with van der Waals surface area (Å²) in [6.07, 6.45) is 7.82. The van der Waals surface area contributed by atoms with Crippen LogP contribution in [0.25, 0.3) is 16.8 Å². The van der Waals surface area contributed by atoms with E-state index in [4.69, 9.17) is 4.74 Å². The van der Waals surface area contributed by atoms with Gasteiger partial charge in [-0.15, -0.1) is 0 Å². The summed E-state index contributed by atoms with van der Waals surface area (Å²) in [5.41, 5.74) is 4.81. The van der Waals surface area contributed by atoms with Crippen LogP contribution in [0.5, 0.6) is 5.75 Å². The quantitative estimate of drug-likeness (QED) is 0.559. The van der Waals surface area contributed by atoms with Crippen molar-refractivity contribution in [2.45, 2.75) is 12.5 Å². The second-order valence-electron chi connectivity index (χ2n) is 7.18. The molecule has 1 aliphatic heterocycles. The molecule has 2 aromatic heterocycles. The lowest BCUT2D eigenvalue weighted by molar-refractivity contribution is 0.0933. The van der Waals surface area contributed by atoms with Crippen molar-refractivity contribution in [1.29, 1.82) is 0 Å². The number of nitrogens with zero attached hydrogens (tertiary/aromatic N) is 3. The number of fused-ring (bicyclic) bond motifs is 1. The summed E-state index contributed by atoms with van der Waals surface area (Å²) in [6, 6.07) is 19.3. The molecule has 0 saturated heterocycles. The molecular formula is C24H20N4O2. The van der Waals surface area contributed by atoms with Crippen molar-refractivity contribution >= 4 is 5.91 Å². The minimum absolute atomic E-state index is 0.0877. The molecular weight excluding hydrogens is 376 g/mol. The number of nitrogens with one attached hydrogen (secondary N) is 1. The van der Waals surface area contributed by atoms with Gasteiger partial charge in [0.05, 0.1) is 12.2 Å². The van der Waals surface area contributed by atoms with E-state index in [1.54, 1.807) is 35.4 Å². The van der Waals surface area contributed by atoms with Gasteiger partial charge in [0.15, 0.2) is 0 Å². The first-order valence-corrected chi connectivity index (χ1v) is 9.85. The average Bonchev–Trinajstić information content (AvgIpc) is 3.48. The minimum atomic E-state index is -0.115. The van der Waals surface area contributed by atoms with Crippen molar-refractivity contribution in [2.75, 3.05) is 6.54 Å². The predicted octanol–water partition coefficient (Wildman–Crippen LogP) is 3.67. The molecule has 5 rings (SSSR count). The van der Waals surface area contributed by atoms with E-state index in [2.05, 4.69) is 27.5 Å². The van der Waals surface area contributed by atoms with Crippen LogP contribution in [-0.4, -0.2) is 33.3 Å². The highest BCUT2D eigenvalue weighted by molar-refractivity contribution is 5.94. The molecule has 0 saturated carbocycles. The molecule has 0 bridgehead atoms. The average molecular weight is 396 g/mol. The summed E-state index contributed by atoms with van der Waals surface area (Å²) in [4.78, 5) is 16.6. The number of carbonyl (C=O) groups is 1. The molecule has 1 unspecified atom stereocenters. The van der Waals surface area contributed by atoms with Crippen LogP contribution in [0.1, 0.15) is 15.9 Å². The fraction of sp³-hybridized carbons (Fsp3) is 0.125. The minimum Gasteiger partial charge on any atom is -0.487 e. The first kappa shape index (κ1) is 18.1. The number of rotatable bonds is 5. The maximum atomic E-state index is 12.6. The summed E-state index contributed by atoms with van der Waals surface area (Å²) in [5.74, 6) is 0.780. The third-order valence-electron chi connectivity index (χ3n) is 5.21. The number of aromatic nitrogens is 3. The molecule has 148 valence electrons. The van der Waals surface area contributed by atoms with Crippen LogP contribution in [0.15, 0.2) is 85.5 Å². The second-order valence-corrected chi connectivity index (χ2v) is 7.18. The number of pyridine rings is 1. The van der Waals surface area contributed by atoms with Crippen LogP contribution in [0.3, 0.4) is 0 Å². The van der Waals surface area contributed by atoms with Crippen LogP contribution in [0, 0.1) is 0 Å². The van der Waals surface area contributed by atoms with Crippen LogP contribution >= 0.6 is 0 Å². The highest BCUT2D eigenvalue weighted by Gasteiger charge is 2.26. The number of hydrogen-bond acceptors (Lipinski definition) is 4. The molecule has 6 nitrogen and oxygen atoms in total. The van der Waals surface area contributed by atoms with Gasteiger partial charge in [-0.2, -0.15) is 5.10 Å². The van der Waals surface area contributed by atoms with E-state index in [1.807, 2.05) is 42.6 Å². The molecule has 1 aliphatic rings. The van der Waals surface area contributed by atoms with Gasteiger partial charge in [0.2, 0.25) is 0 Å². The number of ether oxygens (including phenoxy) is 1. The smallest absolute Gasteiger partial charge is 0.251 e. The molecule has 4 aromatic rings. The molecule has 3 heterocycles. The Kier molecular flexibility index (Phi) is 4.73. The van der Waals surface area contributed by atoms with E-state index in [0.29, 0.717) is 12.1 Å². The third kappa shape index (κ3) is 3.55. The van der Waals surface area contributed by atoms with Crippen molar-refractivity contribution in [1.82, 2.24) is 20.1 Å². The lowest BCUT2D eigenvalue weighted by Gasteiger charge is -2.14. The van der Waals surface area contributed by atoms with Crippen molar-refractivity contribution < 1.29 is 9.53 Å². The van der Waals surface area contributed by atoms with E-state index in [1.165, 1.54) is 0 Å². The molecule has 1 atom stereocenters. The van der Waals surface area contributed by atoms with E-state index >= 15 is 0 Å². The lowest BCUT2D eigenvalue weighted by Crippen LogP contribution is -2.34. The zero-order valence-corrected chi connectivity index (χ0v) is 16.2. The summed E-state index contributed by atoms with van der Waals surface area (Å²) >= 11 is 0. The van der Waals surface area contributed by atoms with Gasteiger partial charge in [-0.05, 0) is 53.6 Å². The summed E-state index contributed by atoms with van der Waals surface area (Å²) in [6.45, 7) is 0.449. The van der Waals surface area contributed by atoms with Crippen LogP contribution in [0.2, 0.25) is 0 Å². The van der Waals surface area contributed by atoms with Crippen molar-refractivity contribution in [2.24, 2.45) is 0 Å². The lowest BCUT2D eigenvalue weighted by atomic mass is 10.0. The maximum absolute atomic E-state index is 12.6. The van der Waals surface area contributed by atoms with Gasteiger partial charge in [-0.25, -0.2) is 4.68 Å². The summed E-state index contributed by atoms with van der Waals surface area (Å²) in [5, 5.41) is 7.19. The number of amides is 1. The fourth-order valence-electron chi connectivity index (χ4n) is 3.71. The zero-order valence-electron chi connectivity index (χ0n) is 16.2. The Balaban J connectivity index is 1.23. The Labute approximate surface area is 174 Å². The molecule has 1 amide bonds. The van der Waals surface area contributed by atoms with Crippen molar-refractivity contribution in [3.63, 3.8) is 0 Å². The molecule has 0 radical (unpaired) electrons. The van der Waals surface area contributed by atoms with Crippen LogP contribution in [-0.2, 0) is 6.42 Å². The van der Waals surface area contributed by atoms with Gasteiger partial charge in [0.25, 0.3) is 5.91 Å². The molecule has 0 aliphatic carbocycles. The van der Waals surface area contributed by atoms with E-state index in [-0.39, 0.29) is 12.0 Å². The molecule has 30 heavy (non-hydrogen) atoms. The standard InChI is InChI=1S/C24H20N4O2/c29-24(18-5-7-20(8-6-18)28-14-2-11-27-28)26-16-21-15-19-3-1-4-22(23(19)30-21)17-9-12-25-13-10-17/h1-14,21H,15-16H2,(H,26,29). The number of hydrogen-bond donors (Lipinski definition) is 1. The van der Waals surface area contributed by atoms with Gasteiger partial charge in [0, 0.05) is 42.3 Å². The number of benzene rings is 2. The fourth-order valence-corrected chi connectivity index (χ4v) is 3.71.